The van der Waals surface area contributed by atoms with E-state index in [1.807, 2.05) is 32.0 Å². The lowest BCUT2D eigenvalue weighted by atomic mass is 9.99. The Morgan fingerprint density at radius 3 is 2.24 bits per heavy atom. The van der Waals surface area contributed by atoms with Gasteiger partial charge in [-0.3, -0.25) is 0 Å². The smallest absolute Gasteiger partial charge is 0.142 e. The number of methoxy groups -OCH3 is 1. The van der Waals surface area contributed by atoms with Gasteiger partial charge in [-0.25, -0.2) is 0 Å². The highest BCUT2D eigenvalue weighted by Gasteiger charge is 2.18. The molecule has 0 aliphatic carbocycles. The predicted octanol–water partition coefficient (Wildman–Crippen LogP) is 8.26. The molecule has 4 nitrogen and oxygen atoms in total. The van der Waals surface area contributed by atoms with Gasteiger partial charge in [-0.05, 0) is 84.6 Å². The van der Waals surface area contributed by atoms with E-state index in [1.165, 1.54) is 16.7 Å². The molecule has 0 aliphatic heterocycles. The van der Waals surface area contributed by atoms with Gasteiger partial charge in [0.05, 0.1) is 7.11 Å². The van der Waals surface area contributed by atoms with Crippen LogP contribution in [-0.4, -0.2) is 17.3 Å². The van der Waals surface area contributed by atoms with Crippen molar-refractivity contribution in [3.8, 4) is 28.6 Å². The molecule has 180 valence electrons. The molecule has 3 rings (SSSR count). The van der Waals surface area contributed by atoms with Gasteiger partial charge >= 0.3 is 0 Å². The van der Waals surface area contributed by atoms with E-state index in [1.54, 1.807) is 19.2 Å². The summed E-state index contributed by atoms with van der Waals surface area (Å²) in [5.41, 5.74) is 6.77. The van der Waals surface area contributed by atoms with E-state index < -0.39 is 0 Å². The van der Waals surface area contributed by atoms with E-state index in [0.717, 1.165) is 34.9 Å². The average Bonchev–Trinajstić information content (AvgIpc) is 3.21. The second kappa shape index (κ2) is 11.1. The van der Waals surface area contributed by atoms with Crippen molar-refractivity contribution < 1.29 is 19.4 Å². The van der Waals surface area contributed by atoms with Crippen LogP contribution in [0.1, 0.15) is 58.6 Å². The molecule has 4 heteroatoms. The third-order valence-corrected chi connectivity index (χ3v) is 5.93. The summed E-state index contributed by atoms with van der Waals surface area (Å²) in [4.78, 5) is 0. The van der Waals surface area contributed by atoms with Crippen LogP contribution >= 0.6 is 0 Å². The summed E-state index contributed by atoms with van der Waals surface area (Å²) in [5.74, 6) is 1.59. The first kappa shape index (κ1) is 25.2. The summed E-state index contributed by atoms with van der Waals surface area (Å²) >= 11 is 0. The summed E-state index contributed by atoms with van der Waals surface area (Å²) in [7, 11) is 1.58. The van der Waals surface area contributed by atoms with Gasteiger partial charge in [0.2, 0.25) is 0 Å². The molecule has 1 heterocycles. The second-order valence-electron chi connectivity index (χ2n) is 9.33. The van der Waals surface area contributed by atoms with Crippen LogP contribution in [0.3, 0.4) is 0 Å². The van der Waals surface area contributed by atoms with Gasteiger partial charge in [0.25, 0.3) is 0 Å². The maximum atomic E-state index is 10.7. The van der Waals surface area contributed by atoms with Crippen LogP contribution in [0.25, 0.3) is 22.3 Å². The average molecular weight is 461 g/mol. The predicted molar refractivity (Wildman–Crippen MR) is 141 cm³/mol. The lowest BCUT2D eigenvalue weighted by Crippen LogP contribution is -1.92. The van der Waals surface area contributed by atoms with E-state index in [4.69, 9.17) is 9.15 Å². The molecule has 34 heavy (non-hydrogen) atoms. The summed E-state index contributed by atoms with van der Waals surface area (Å²) in [6.07, 6.45) is 9.65. The molecule has 0 atom stereocenters. The monoisotopic (exact) mass is 460 g/mol. The van der Waals surface area contributed by atoms with E-state index >= 15 is 0 Å². The normalized spacial score (nSPS) is 11.5. The molecule has 0 saturated carbocycles. The highest BCUT2D eigenvalue weighted by Crippen LogP contribution is 2.40. The molecule has 0 bridgehead atoms. The second-order valence-corrected chi connectivity index (χ2v) is 9.33. The molecule has 0 fully saturated rings. The molecule has 2 N–H and O–H groups in total. The molecule has 1 aromatic heterocycles. The first-order valence-electron chi connectivity index (χ1n) is 11.8. The molecule has 0 unspecified atom stereocenters. The standard InChI is InChI=1S/C30H36O4/c1-19(2)8-7-9-21(5)11-14-25-27(31)15-12-22-16-29(34-30(22)25)26-17-23(33-6)18-28(32)24(26)13-10-20(3)4/h8,10-12,15-18,31-32H,7,9,13-14H2,1-6H3/b21-11+. The lowest BCUT2D eigenvalue weighted by molar-refractivity contribution is 0.406. The van der Waals surface area contributed by atoms with E-state index in [2.05, 4.69) is 39.0 Å². The molecular weight excluding hydrogens is 424 g/mol. The van der Waals surface area contributed by atoms with E-state index in [-0.39, 0.29) is 11.5 Å². The molecule has 2 aromatic carbocycles. The molecule has 0 amide bonds. The number of benzene rings is 2. The number of rotatable bonds is 9. The van der Waals surface area contributed by atoms with Crippen LogP contribution in [0, 0.1) is 0 Å². The summed E-state index contributed by atoms with van der Waals surface area (Å²) < 4.78 is 11.7. The summed E-state index contributed by atoms with van der Waals surface area (Å²) in [6.45, 7) is 10.4. The Morgan fingerprint density at radius 1 is 0.853 bits per heavy atom. The number of fused-ring (bicyclic) bond motifs is 1. The van der Waals surface area contributed by atoms with Crippen LogP contribution in [0.4, 0.5) is 0 Å². The maximum absolute atomic E-state index is 10.7. The van der Waals surface area contributed by atoms with Crippen molar-refractivity contribution in [3.05, 3.63) is 76.4 Å². The Bertz CT molecular complexity index is 1250. The van der Waals surface area contributed by atoms with Crippen LogP contribution in [0.15, 0.2) is 69.7 Å². The third-order valence-electron chi connectivity index (χ3n) is 5.93. The first-order chi connectivity index (χ1) is 16.2. The zero-order valence-corrected chi connectivity index (χ0v) is 21.2. The fraction of sp³-hybridized carbons (Fsp3) is 0.333. The minimum absolute atomic E-state index is 0.172. The largest absolute Gasteiger partial charge is 0.508 e. The Morgan fingerprint density at radius 2 is 1.56 bits per heavy atom. The van der Waals surface area contributed by atoms with Gasteiger partial charge in [-0.1, -0.05) is 34.9 Å². The Hall–Kier alpha value is -3.40. The van der Waals surface area contributed by atoms with Crippen LogP contribution in [-0.2, 0) is 12.8 Å². The van der Waals surface area contributed by atoms with E-state index in [0.29, 0.717) is 29.9 Å². The van der Waals surface area contributed by atoms with Crippen molar-refractivity contribution in [3.63, 3.8) is 0 Å². The van der Waals surface area contributed by atoms with Crippen LogP contribution in [0.5, 0.6) is 17.2 Å². The highest BCUT2D eigenvalue weighted by molar-refractivity contribution is 5.88. The molecule has 0 saturated heterocycles. The number of ether oxygens (including phenoxy) is 1. The zero-order valence-electron chi connectivity index (χ0n) is 21.2. The Kier molecular flexibility index (Phi) is 8.27. The molecule has 0 aliphatic rings. The van der Waals surface area contributed by atoms with Gasteiger partial charge < -0.3 is 19.4 Å². The van der Waals surface area contributed by atoms with Crippen molar-refractivity contribution >= 4 is 11.0 Å². The van der Waals surface area contributed by atoms with Crippen molar-refractivity contribution in [2.45, 2.75) is 60.3 Å². The number of furan rings is 1. The quantitative estimate of drug-likeness (QED) is 0.315. The fourth-order valence-electron chi connectivity index (χ4n) is 3.94. The van der Waals surface area contributed by atoms with Crippen molar-refractivity contribution in [2.75, 3.05) is 7.11 Å². The van der Waals surface area contributed by atoms with Gasteiger partial charge in [0.15, 0.2) is 0 Å². The van der Waals surface area contributed by atoms with Gasteiger partial charge in [-0.15, -0.1) is 0 Å². The maximum Gasteiger partial charge on any atom is 0.142 e. The van der Waals surface area contributed by atoms with Gasteiger partial charge in [-0.2, -0.15) is 0 Å². The van der Waals surface area contributed by atoms with Crippen molar-refractivity contribution in [1.82, 2.24) is 0 Å². The minimum Gasteiger partial charge on any atom is -0.508 e. The number of phenols is 2. The number of allylic oxidation sites excluding steroid dienone is 6. The Labute approximate surface area is 202 Å². The van der Waals surface area contributed by atoms with Crippen molar-refractivity contribution in [2.24, 2.45) is 0 Å². The number of phenolic OH excluding ortho intramolecular Hbond substituents is 2. The summed E-state index contributed by atoms with van der Waals surface area (Å²) in [6, 6.07) is 9.06. The van der Waals surface area contributed by atoms with Crippen LogP contribution < -0.4 is 4.74 Å². The molecule has 3 aromatic rings. The third kappa shape index (κ3) is 6.13. The highest BCUT2D eigenvalue weighted by atomic mass is 16.5. The number of hydrogen-bond acceptors (Lipinski definition) is 4. The van der Waals surface area contributed by atoms with E-state index in [9.17, 15) is 10.2 Å². The lowest BCUT2D eigenvalue weighted by Gasteiger charge is -2.11. The van der Waals surface area contributed by atoms with Crippen molar-refractivity contribution in [1.29, 1.82) is 0 Å². The number of aromatic hydroxyl groups is 2. The van der Waals surface area contributed by atoms with Gasteiger partial charge in [0, 0.05) is 28.1 Å². The topological polar surface area (TPSA) is 62.8 Å². The number of hydrogen-bond donors (Lipinski definition) is 2. The fourth-order valence-corrected chi connectivity index (χ4v) is 3.94. The Balaban J connectivity index is 2.03. The molecule has 0 radical (unpaired) electrons. The molecular formula is C30H36O4. The first-order valence-corrected chi connectivity index (χ1v) is 11.8. The SMILES string of the molecule is COc1cc(O)c(CC=C(C)C)c(-c2cc3ccc(O)c(C/C=C(\C)CCC=C(C)C)c3o2)c1. The summed E-state index contributed by atoms with van der Waals surface area (Å²) in [5, 5.41) is 22.2. The molecule has 0 spiro atoms. The zero-order chi connectivity index (χ0) is 24.8. The van der Waals surface area contributed by atoms with Gasteiger partial charge in [0.1, 0.15) is 28.6 Å². The minimum atomic E-state index is 0.172. The van der Waals surface area contributed by atoms with Crippen LogP contribution in [0.2, 0.25) is 0 Å².